The zero-order chi connectivity index (χ0) is 43.3. The van der Waals surface area contributed by atoms with Crippen molar-refractivity contribution in [3.8, 4) is 35.2 Å². The van der Waals surface area contributed by atoms with Crippen LogP contribution in [-0.2, 0) is 39.2 Å². The average molecular weight is 849 g/mol. The monoisotopic (exact) mass is 848 g/mol. The highest BCUT2D eigenvalue weighted by Gasteiger charge is 2.56. The van der Waals surface area contributed by atoms with Crippen LogP contribution in [-0.4, -0.2) is 90.9 Å². The van der Waals surface area contributed by atoms with Crippen LogP contribution in [0.5, 0.6) is 11.5 Å². The number of hydrogen-bond acceptors (Lipinski definition) is 10. The second-order valence-electron chi connectivity index (χ2n) is 16.5. The number of para-hydroxylation sites is 1. The Morgan fingerprint density at radius 2 is 1.46 bits per heavy atom. The number of carbonyl (C=O) groups is 1. The number of rotatable bonds is 22. The van der Waals surface area contributed by atoms with Gasteiger partial charge in [-0.2, -0.15) is 0 Å². The maximum Gasteiger partial charge on any atom is 0.311 e. The van der Waals surface area contributed by atoms with E-state index in [0.717, 1.165) is 41.8 Å². The van der Waals surface area contributed by atoms with E-state index in [1.54, 1.807) is 35.0 Å². The summed E-state index contributed by atoms with van der Waals surface area (Å²) in [6.45, 7) is 18.2. The first-order valence-corrected chi connectivity index (χ1v) is 26.3. The molecular formula is C47H68O10Si2. The molecule has 0 aliphatic heterocycles. The summed E-state index contributed by atoms with van der Waals surface area (Å²) in [5, 5.41) is 12.8. The molecule has 0 heterocycles. The van der Waals surface area contributed by atoms with Gasteiger partial charge in [0.25, 0.3) is 0 Å². The molecule has 0 amide bonds. The number of fused-ring (bicyclic) bond motifs is 1. The maximum atomic E-state index is 13.5. The number of aliphatic hydroxyl groups excluding tert-OH is 1. The van der Waals surface area contributed by atoms with Crippen LogP contribution in [0, 0.1) is 29.1 Å². The van der Waals surface area contributed by atoms with E-state index < -0.39 is 63.6 Å². The summed E-state index contributed by atoms with van der Waals surface area (Å²) in [4.78, 5) is 13.5. The van der Waals surface area contributed by atoms with E-state index in [4.69, 9.17) is 37.3 Å². The van der Waals surface area contributed by atoms with Gasteiger partial charge in [0.05, 0.1) is 25.2 Å². The molecule has 1 N–H and O–H groups in total. The third kappa shape index (κ3) is 11.5. The van der Waals surface area contributed by atoms with E-state index in [1.807, 2.05) is 60.7 Å². The van der Waals surface area contributed by atoms with Crippen LogP contribution >= 0.6 is 0 Å². The molecule has 0 saturated heterocycles. The van der Waals surface area contributed by atoms with Gasteiger partial charge in [0.15, 0.2) is 34.4 Å². The summed E-state index contributed by atoms with van der Waals surface area (Å²) in [6.07, 6.45) is -1.61. The van der Waals surface area contributed by atoms with Gasteiger partial charge in [-0.25, -0.2) is 0 Å². The summed E-state index contributed by atoms with van der Waals surface area (Å²) in [6, 6.07) is 21.9. The summed E-state index contributed by atoms with van der Waals surface area (Å²) >= 11 is 0. The van der Waals surface area contributed by atoms with E-state index in [9.17, 15) is 9.90 Å². The molecular weight excluding hydrogens is 781 g/mol. The van der Waals surface area contributed by atoms with Crippen molar-refractivity contribution >= 4 is 22.6 Å². The lowest BCUT2D eigenvalue weighted by atomic mass is 9.88. The standard InChI is InChI=1S/C47H68O10Si2/c1-12-58(13-2,14-3)56-46(43(34-53-44(49)45(7,8)9)52-33-36-23-25-38(51-11)26-24-36)30-29-37-31-40(54-35-50-10)32-47(37,57-59(15-4,16-5)17-6)42(28-27-41(46)48)55-39-21-19-18-20-22-39/h18-26,31,40-43,48H,12-17,32-35H2,1-11H3/t40-,41+,42-,43+,46+,47-/m1/s1. The highest BCUT2D eigenvalue weighted by molar-refractivity contribution is 6.74. The number of esters is 1. The number of methoxy groups -OCH3 is 2. The second-order valence-corrected chi connectivity index (χ2v) is 25.9. The molecule has 2 aromatic carbocycles. The largest absolute Gasteiger partial charge is 0.497 e. The summed E-state index contributed by atoms with van der Waals surface area (Å²) in [5.74, 6) is 14.5. The quantitative estimate of drug-likeness (QED) is 0.0534. The first kappa shape index (κ1) is 48.2. The smallest absolute Gasteiger partial charge is 0.311 e. The molecule has 2 aliphatic rings. The summed E-state index contributed by atoms with van der Waals surface area (Å²) in [7, 11) is -1.87. The Kier molecular flexibility index (Phi) is 17.5. The van der Waals surface area contributed by atoms with Crippen LogP contribution in [0.15, 0.2) is 66.2 Å². The van der Waals surface area contributed by atoms with Gasteiger partial charge >= 0.3 is 5.97 Å². The Balaban J connectivity index is 2.06. The van der Waals surface area contributed by atoms with Crippen molar-refractivity contribution in [1.82, 2.24) is 0 Å². The fourth-order valence-electron chi connectivity index (χ4n) is 7.64. The molecule has 2 aliphatic carbocycles. The van der Waals surface area contributed by atoms with Crippen molar-refractivity contribution in [2.45, 2.75) is 147 Å². The molecule has 0 fully saturated rings. The third-order valence-electron chi connectivity index (χ3n) is 12.0. The Labute approximate surface area is 355 Å². The van der Waals surface area contributed by atoms with Gasteiger partial charge in [-0.1, -0.05) is 95.6 Å². The van der Waals surface area contributed by atoms with Gasteiger partial charge in [-0.05, 0) is 92.9 Å². The maximum absolute atomic E-state index is 13.5. The molecule has 0 unspecified atom stereocenters. The van der Waals surface area contributed by atoms with Crippen LogP contribution in [0.25, 0.3) is 0 Å². The Bertz CT molecular complexity index is 1780. The third-order valence-corrected chi connectivity index (χ3v) is 21.3. The Morgan fingerprint density at radius 1 is 0.847 bits per heavy atom. The predicted octanol–water partition coefficient (Wildman–Crippen LogP) is 8.84. The molecule has 0 radical (unpaired) electrons. The van der Waals surface area contributed by atoms with Crippen molar-refractivity contribution < 1.29 is 47.2 Å². The predicted molar refractivity (Wildman–Crippen MR) is 236 cm³/mol. The molecule has 0 bridgehead atoms. The summed E-state index contributed by atoms with van der Waals surface area (Å²) < 4.78 is 51.7. The molecule has 0 aromatic heterocycles. The van der Waals surface area contributed by atoms with Crippen molar-refractivity contribution in [3.63, 3.8) is 0 Å². The normalized spacial score (nSPS) is 23.5. The Hall–Kier alpha value is -3.44. The first-order chi connectivity index (χ1) is 28.2. The fraction of sp³-hybridized carbons (Fsp3) is 0.596. The first-order valence-electron chi connectivity index (χ1n) is 21.3. The van der Waals surface area contributed by atoms with Gasteiger partial charge in [0.2, 0.25) is 0 Å². The lowest BCUT2D eigenvalue weighted by Gasteiger charge is -2.44. The lowest BCUT2D eigenvalue weighted by molar-refractivity contribution is -0.169. The van der Waals surface area contributed by atoms with Crippen LogP contribution < -0.4 is 9.47 Å². The lowest BCUT2D eigenvalue weighted by Crippen LogP contribution is -2.61. The van der Waals surface area contributed by atoms with E-state index >= 15 is 0 Å². The fourth-order valence-corrected chi connectivity index (χ4v) is 13.6. The van der Waals surface area contributed by atoms with E-state index in [0.29, 0.717) is 23.5 Å². The number of hydrogen-bond donors (Lipinski definition) is 1. The zero-order valence-electron chi connectivity index (χ0n) is 37.3. The molecule has 12 heteroatoms. The molecule has 59 heavy (non-hydrogen) atoms. The van der Waals surface area contributed by atoms with Crippen molar-refractivity contribution in [2.75, 3.05) is 27.6 Å². The number of carbonyl (C=O) groups excluding carboxylic acids is 1. The van der Waals surface area contributed by atoms with Crippen LogP contribution in [0.4, 0.5) is 0 Å². The minimum Gasteiger partial charge on any atom is -0.497 e. The zero-order valence-corrected chi connectivity index (χ0v) is 39.3. The van der Waals surface area contributed by atoms with Crippen molar-refractivity contribution in [3.05, 3.63) is 71.8 Å². The van der Waals surface area contributed by atoms with Gasteiger partial charge < -0.3 is 42.4 Å². The average Bonchev–Trinajstić information content (AvgIpc) is 3.62. The molecule has 0 spiro atoms. The van der Waals surface area contributed by atoms with Crippen molar-refractivity contribution in [1.29, 1.82) is 0 Å². The highest BCUT2D eigenvalue weighted by atomic mass is 28.4. The molecule has 6 atom stereocenters. The van der Waals surface area contributed by atoms with E-state index in [-0.39, 0.29) is 20.0 Å². The van der Waals surface area contributed by atoms with Crippen LogP contribution in [0.1, 0.15) is 74.3 Å². The molecule has 0 saturated carbocycles. The van der Waals surface area contributed by atoms with Gasteiger partial charge in [-0.15, -0.1) is 0 Å². The van der Waals surface area contributed by atoms with Crippen LogP contribution in [0.3, 0.4) is 0 Å². The van der Waals surface area contributed by atoms with Gasteiger partial charge in [0, 0.05) is 19.1 Å². The molecule has 10 nitrogen and oxygen atoms in total. The Morgan fingerprint density at radius 3 is 2.02 bits per heavy atom. The summed E-state index contributed by atoms with van der Waals surface area (Å²) in [5.41, 5.74) is -2.29. The van der Waals surface area contributed by atoms with Crippen LogP contribution in [0.2, 0.25) is 36.3 Å². The van der Waals surface area contributed by atoms with Gasteiger partial charge in [0.1, 0.15) is 36.6 Å². The minimum absolute atomic E-state index is 0.0650. The number of aliphatic hydroxyl groups is 1. The van der Waals surface area contributed by atoms with E-state index in [1.165, 1.54) is 0 Å². The topological polar surface area (TPSA) is 111 Å². The number of ether oxygens (including phenoxy) is 6. The van der Waals surface area contributed by atoms with E-state index in [2.05, 4.69) is 65.2 Å². The van der Waals surface area contributed by atoms with Gasteiger partial charge in [-0.3, -0.25) is 4.79 Å². The minimum atomic E-state index is -2.65. The number of benzene rings is 2. The molecule has 2 aromatic rings. The SMILES string of the molecule is CC[Si](CC)(CC)O[C@@]1([C@H](COC(=O)C(C)(C)C)OCc2ccc(OC)cc2)C#CC2=C[C@@H](OCOC)C[C@]2(O[Si](CC)(CC)CC)[C@H](Oc2ccccc2)C#C[C@@H]1O. The van der Waals surface area contributed by atoms with Crippen molar-refractivity contribution in [2.24, 2.45) is 5.41 Å². The molecule has 4 rings (SSSR count). The molecule has 324 valence electrons. The highest BCUT2D eigenvalue weighted by Crippen LogP contribution is 2.45. The second kappa shape index (κ2) is 21.4.